The van der Waals surface area contributed by atoms with Gasteiger partial charge in [0.1, 0.15) is 11.6 Å². The van der Waals surface area contributed by atoms with Gasteiger partial charge in [-0.25, -0.2) is 0 Å². The molecule has 0 fully saturated rings. The lowest BCUT2D eigenvalue weighted by Gasteiger charge is -2.13. The molecule has 2 rings (SSSR count). The van der Waals surface area contributed by atoms with Crippen LogP contribution in [0.2, 0.25) is 0 Å². The molecule has 2 aromatic rings. The average molecular weight is 268 g/mol. The van der Waals surface area contributed by atoms with E-state index in [0.29, 0.717) is 6.61 Å². The van der Waals surface area contributed by atoms with E-state index < -0.39 is 0 Å². The number of nitrogens with two attached hydrogens (primary N) is 1. The van der Waals surface area contributed by atoms with Crippen LogP contribution in [0.3, 0.4) is 0 Å². The van der Waals surface area contributed by atoms with Gasteiger partial charge in [0.05, 0.1) is 6.61 Å². The molecule has 3 N–H and O–H groups in total. The molecule has 3 heteroatoms. The van der Waals surface area contributed by atoms with Crippen molar-refractivity contribution < 1.29 is 4.74 Å². The summed E-state index contributed by atoms with van der Waals surface area (Å²) in [5.74, 6) is 0.984. The lowest BCUT2D eigenvalue weighted by Crippen LogP contribution is -2.12. The summed E-state index contributed by atoms with van der Waals surface area (Å²) in [6.07, 6.45) is 0.883. The molecule has 3 nitrogen and oxygen atoms in total. The Kier molecular flexibility index (Phi) is 4.41. The average Bonchev–Trinajstić information content (AvgIpc) is 2.42. The fraction of sp³-hybridized carbons (Fsp3) is 0.235. The highest BCUT2D eigenvalue weighted by atomic mass is 16.5. The molecular weight excluding hydrogens is 248 g/mol. The number of nitrogens with one attached hydrogen (secondary N) is 1. The van der Waals surface area contributed by atoms with Gasteiger partial charge < -0.3 is 10.5 Å². The third-order valence-electron chi connectivity index (χ3n) is 3.25. The first-order chi connectivity index (χ1) is 9.58. The van der Waals surface area contributed by atoms with Crippen LogP contribution in [-0.4, -0.2) is 12.4 Å². The number of aryl methyl sites for hydroxylation is 2. The number of rotatable bonds is 5. The van der Waals surface area contributed by atoms with Crippen molar-refractivity contribution in [3.05, 3.63) is 64.7 Å². The van der Waals surface area contributed by atoms with Crippen LogP contribution in [0.5, 0.6) is 5.75 Å². The Balaban J connectivity index is 2.05. The predicted molar refractivity (Wildman–Crippen MR) is 82.6 cm³/mol. The Morgan fingerprint density at radius 1 is 1.10 bits per heavy atom. The zero-order chi connectivity index (χ0) is 14.5. The molecule has 0 aliphatic carbocycles. The number of hydrogen-bond donors (Lipinski definition) is 2. The first-order valence-electron chi connectivity index (χ1n) is 6.70. The SMILES string of the molecule is Cc1cc(C(=N)N)cc(C)c1OCCc1ccccc1. The van der Waals surface area contributed by atoms with E-state index in [0.717, 1.165) is 28.9 Å². The zero-order valence-corrected chi connectivity index (χ0v) is 11.9. The van der Waals surface area contributed by atoms with E-state index in [1.807, 2.05) is 44.2 Å². The van der Waals surface area contributed by atoms with E-state index in [1.54, 1.807) is 0 Å². The number of nitrogen functional groups attached to an aromatic ring is 1. The highest BCUT2D eigenvalue weighted by Gasteiger charge is 2.08. The van der Waals surface area contributed by atoms with E-state index in [9.17, 15) is 0 Å². The number of benzene rings is 2. The van der Waals surface area contributed by atoms with E-state index in [-0.39, 0.29) is 5.84 Å². The van der Waals surface area contributed by atoms with Crippen molar-refractivity contribution in [2.75, 3.05) is 6.61 Å². The molecule has 0 bridgehead atoms. The summed E-state index contributed by atoms with van der Waals surface area (Å²) in [5, 5.41) is 7.49. The molecule has 0 spiro atoms. The maximum atomic E-state index is 7.49. The van der Waals surface area contributed by atoms with Gasteiger partial charge in [-0.2, -0.15) is 0 Å². The minimum Gasteiger partial charge on any atom is -0.493 e. The molecule has 0 saturated carbocycles. The van der Waals surface area contributed by atoms with Crippen molar-refractivity contribution in [2.24, 2.45) is 5.73 Å². The second-order valence-electron chi connectivity index (χ2n) is 4.94. The van der Waals surface area contributed by atoms with Crippen molar-refractivity contribution in [1.82, 2.24) is 0 Å². The van der Waals surface area contributed by atoms with Gasteiger partial charge >= 0.3 is 0 Å². The van der Waals surface area contributed by atoms with E-state index >= 15 is 0 Å². The van der Waals surface area contributed by atoms with Gasteiger partial charge in [-0.05, 0) is 42.7 Å². The molecular formula is C17H20N2O. The molecule has 0 aliphatic rings. The fourth-order valence-corrected chi connectivity index (χ4v) is 2.25. The van der Waals surface area contributed by atoms with Crippen molar-refractivity contribution in [2.45, 2.75) is 20.3 Å². The lowest BCUT2D eigenvalue weighted by atomic mass is 10.1. The van der Waals surface area contributed by atoms with Gasteiger partial charge in [0.15, 0.2) is 0 Å². The highest BCUT2D eigenvalue weighted by Crippen LogP contribution is 2.24. The lowest BCUT2D eigenvalue weighted by molar-refractivity contribution is 0.317. The molecule has 0 heterocycles. The highest BCUT2D eigenvalue weighted by molar-refractivity contribution is 5.95. The van der Waals surface area contributed by atoms with E-state index in [2.05, 4.69) is 12.1 Å². The van der Waals surface area contributed by atoms with Crippen molar-refractivity contribution in [3.63, 3.8) is 0 Å². The molecule has 104 valence electrons. The zero-order valence-electron chi connectivity index (χ0n) is 11.9. The summed E-state index contributed by atoms with van der Waals surface area (Å²) in [7, 11) is 0. The van der Waals surface area contributed by atoms with Gasteiger partial charge in [0.2, 0.25) is 0 Å². The maximum absolute atomic E-state index is 7.49. The van der Waals surface area contributed by atoms with Crippen LogP contribution in [0.25, 0.3) is 0 Å². The third kappa shape index (κ3) is 3.38. The summed E-state index contributed by atoms with van der Waals surface area (Å²) >= 11 is 0. The Labute approximate surface area is 119 Å². The predicted octanol–water partition coefficient (Wildman–Crippen LogP) is 3.21. The summed E-state index contributed by atoms with van der Waals surface area (Å²) in [5.41, 5.74) is 9.57. The molecule has 20 heavy (non-hydrogen) atoms. The molecule has 0 atom stereocenters. The second kappa shape index (κ2) is 6.24. The topological polar surface area (TPSA) is 59.1 Å². The quantitative estimate of drug-likeness (QED) is 0.646. The molecule has 0 aromatic heterocycles. The largest absolute Gasteiger partial charge is 0.493 e. The van der Waals surface area contributed by atoms with Gasteiger partial charge in [-0.15, -0.1) is 0 Å². The summed E-state index contributed by atoms with van der Waals surface area (Å²) in [6.45, 7) is 4.61. The van der Waals surface area contributed by atoms with Crippen molar-refractivity contribution in [3.8, 4) is 5.75 Å². The summed E-state index contributed by atoms with van der Waals surface area (Å²) in [6, 6.07) is 14.1. The van der Waals surface area contributed by atoms with Crippen LogP contribution in [0.1, 0.15) is 22.3 Å². The van der Waals surface area contributed by atoms with Crippen LogP contribution in [-0.2, 0) is 6.42 Å². The number of ether oxygens (including phenoxy) is 1. The Morgan fingerprint density at radius 3 is 2.25 bits per heavy atom. The minimum atomic E-state index is 0.0898. The molecule has 0 aliphatic heterocycles. The molecule has 0 saturated heterocycles. The van der Waals surface area contributed by atoms with Crippen LogP contribution >= 0.6 is 0 Å². The van der Waals surface area contributed by atoms with Gasteiger partial charge in [-0.3, -0.25) is 5.41 Å². The number of hydrogen-bond acceptors (Lipinski definition) is 2. The maximum Gasteiger partial charge on any atom is 0.125 e. The van der Waals surface area contributed by atoms with Crippen molar-refractivity contribution >= 4 is 5.84 Å². The Morgan fingerprint density at radius 2 is 1.70 bits per heavy atom. The first-order valence-corrected chi connectivity index (χ1v) is 6.70. The van der Waals surface area contributed by atoms with Crippen LogP contribution in [0.15, 0.2) is 42.5 Å². The molecule has 0 amide bonds. The smallest absolute Gasteiger partial charge is 0.125 e. The Hall–Kier alpha value is -2.29. The van der Waals surface area contributed by atoms with Crippen LogP contribution < -0.4 is 10.5 Å². The second-order valence-corrected chi connectivity index (χ2v) is 4.94. The first kappa shape index (κ1) is 14.1. The van der Waals surface area contributed by atoms with E-state index in [4.69, 9.17) is 15.9 Å². The standard InChI is InChI=1S/C17H20N2O/c1-12-10-15(17(18)19)11-13(2)16(12)20-9-8-14-6-4-3-5-7-14/h3-7,10-11H,8-9H2,1-2H3,(H3,18,19). The van der Waals surface area contributed by atoms with Crippen LogP contribution in [0, 0.1) is 19.3 Å². The van der Waals surface area contributed by atoms with Crippen LogP contribution in [0.4, 0.5) is 0 Å². The molecule has 2 aromatic carbocycles. The van der Waals surface area contributed by atoms with Gasteiger partial charge in [0, 0.05) is 12.0 Å². The Bertz CT molecular complexity index is 583. The number of amidine groups is 1. The summed E-state index contributed by atoms with van der Waals surface area (Å²) < 4.78 is 5.89. The molecule has 0 unspecified atom stereocenters. The van der Waals surface area contributed by atoms with Gasteiger partial charge in [0.25, 0.3) is 0 Å². The normalized spacial score (nSPS) is 10.3. The van der Waals surface area contributed by atoms with E-state index in [1.165, 1.54) is 5.56 Å². The summed E-state index contributed by atoms with van der Waals surface area (Å²) in [4.78, 5) is 0. The minimum absolute atomic E-state index is 0.0898. The fourth-order valence-electron chi connectivity index (χ4n) is 2.25. The van der Waals surface area contributed by atoms with Crippen molar-refractivity contribution in [1.29, 1.82) is 5.41 Å². The monoisotopic (exact) mass is 268 g/mol. The molecule has 0 radical (unpaired) electrons. The van der Waals surface area contributed by atoms with Gasteiger partial charge in [-0.1, -0.05) is 30.3 Å². The third-order valence-corrected chi connectivity index (χ3v) is 3.25.